The first-order chi connectivity index (χ1) is 17.5. The van der Waals surface area contributed by atoms with Crippen LogP contribution in [-0.2, 0) is 11.3 Å². The maximum absolute atomic E-state index is 12.9. The molecule has 5 rings (SSSR count). The molecule has 36 heavy (non-hydrogen) atoms. The fourth-order valence-corrected chi connectivity index (χ4v) is 5.33. The zero-order valence-electron chi connectivity index (χ0n) is 20.4. The third-order valence-corrected chi connectivity index (χ3v) is 7.14. The number of methoxy groups -OCH3 is 1. The predicted octanol–water partition coefficient (Wildman–Crippen LogP) is 5.46. The van der Waals surface area contributed by atoms with Gasteiger partial charge in [-0.1, -0.05) is 25.1 Å². The van der Waals surface area contributed by atoms with E-state index >= 15 is 0 Å². The van der Waals surface area contributed by atoms with Crippen molar-refractivity contribution in [2.24, 2.45) is 10.1 Å². The molecule has 8 nitrogen and oxygen atoms in total. The van der Waals surface area contributed by atoms with Gasteiger partial charge in [0, 0.05) is 22.2 Å². The van der Waals surface area contributed by atoms with Gasteiger partial charge in [0.1, 0.15) is 23.1 Å². The lowest BCUT2D eigenvalue weighted by Crippen LogP contribution is -2.35. The minimum atomic E-state index is -0.411. The van der Waals surface area contributed by atoms with E-state index in [4.69, 9.17) is 14.9 Å². The molecule has 0 atom stereocenters. The Kier molecular flexibility index (Phi) is 6.65. The number of benzene rings is 2. The summed E-state index contributed by atoms with van der Waals surface area (Å²) < 4.78 is 13.3. The van der Waals surface area contributed by atoms with Crippen LogP contribution in [-0.4, -0.2) is 45.2 Å². The summed E-state index contributed by atoms with van der Waals surface area (Å²) >= 11 is 1.37. The van der Waals surface area contributed by atoms with Gasteiger partial charge in [0.15, 0.2) is 5.84 Å². The van der Waals surface area contributed by atoms with Crippen LogP contribution >= 0.6 is 11.8 Å². The van der Waals surface area contributed by atoms with Crippen LogP contribution in [0.25, 0.3) is 17.0 Å². The molecule has 0 bridgehead atoms. The van der Waals surface area contributed by atoms with Gasteiger partial charge in [-0.3, -0.25) is 10.2 Å². The van der Waals surface area contributed by atoms with Crippen LogP contribution in [0.1, 0.15) is 31.0 Å². The average molecular weight is 502 g/mol. The van der Waals surface area contributed by atoms with Gasteiger partial charge in [-0.2, -0.15) is 15.1 Å². The minimum absolute atomic E-state index is 0.0580. The third kappa shape index (κ3) is 4.42. The monoisotopic (exact) mass is 501 g/mol. The molecule has 184 valence electrons. The number of carbonyl (C=O) groups excluding carboxylic acids is 1. The summed E-state index contributed by atoms with van der Waals surface area (Å²) in [5.41, 5.74) is 3.16. The Labute approximate surface area is 213 Å². The molecule has 0 fully saturated rings. The van der Waals surface area contributed by atoms with E-state index in [1.807, 2.05) is 49.4 Å². The van der Waals surface area contributed by atoms with Crippen LogP contribution in [0, 0.1) is 12.3 Å². The number of hydrazone groups is 1. The number of thioether (sulfide) groups is 1. The number of aliphatic imine (C=N–C) groups is 1. The summed E-state index contributed by atoms with van der Waals surface area (Å²) in [6.45, 7) is 5.20. The summed E-state index contributed by atoms with van der Waals surface area (Å²) in [6, 6.07) is 15.6. The summed E-state index contributed by atoms with van der Waals surface area (Å²) in [5, 5.41) is 17.0. The Morgan fingerprint density at radius 2 is 1.86 bits per heavy atom. The van der Waals surface area contributed by atoms with Crippen LogP contribution in [0.2, 0.25) is 0 Å². The molecular formula is C27H27N5O3S. The van der Waals surface area contributed by atoms with E-state index in [0.717, 1.165) is 51.5 Å². The number of hydrogen-bond donors (Lipinski definition) is 1. The molecule has 3 heterocycles. The van der Waals surface area contributed by atoms with Crippen LogP contribution in [0.15, 0.2) is 64.2 Å². The van der Waals surface area contributed by atoms with Gasteiger partial charge in [0.2, 0.25) is 5.17 Å². The van der Waals surface area contributed by atoms with Crippen LogP contribution in [0.4, 0.5) is 0 Å². The second kappa shape index (κ2) is 10.0. The summed E-state index contributed by atoms with van der Waals surface area (Å²) in [6.07, 6.45) is 3.52. The highest BCUT2D eigenvalue weighted by atomic mass is 32.2. The number of rotatable bonds is 8. The fraction of sp³-hybridized carbons (Fsp3) is 0.259. The van der Waals surface area contributed by atoms with Gasteiger partial charge < -0.3 is 14.0 Å². The fourth-order valence-electron chi connectivity index (χ4n) is 4.35. The average Bonchev–Trinajstić information content (AvgIpc) is 3.41. The molecule has 0 saturated heterocycles. The molecule has 2 aromatic carbocycles. The standard InChI is InChI=1S/C27H27N5O3S/c1-4-7-24-30-32-25(28)22(26(33)29-27(32)36-24)16-21-17(2)31(23-9-6-5-8-20(21)23)14-15-35-19-12-10-18(34-3)11-13-19/h5-6,8-13,16,28H,4,7,14-15H2,1-3H3. The topological polar surface area (TPSA) is 92.3 Å². The van der Waals surface area contributed by atoms with Gasteiger partial charge in [0.05, 0.1) is 19.2 Å². The lowest BCUT2D eigenvalue weighted by atomic mass is 10.1. The molecule has 1 aromatic heterocycles. The predicted molar refractivity (Wildman–Crippen MR) is 145 cm³/mol. The number of para-hydroxylation sites is 1. The molecule has 0 radical (unpaired) electrons. The van der Waals surface area contributed by atoms with Crippen molar-refractivity contribution < 1.29 is 14.3 Å². The van der Waals surface area contributed by atoms with Crippen LogP contribution in [0.3, 0.4) is 0 Å². The highest BCUT2D eigenvalue weighted by molar-refractivity contribution is 8.26. The molecule has 1 amide bonds. The zero-order valence-corrected chi connectivity index (χ0v) is 21.3. The Morgan fingerprint density at radius 1 is 1.11 bits per heavy atom. The number of aromatic nitrogens is 1. The number of nitrogens with zero attached hydrogens (tertiary/aromatic N) is 4. The zero-order chi connectivity index (χ0) is 25.2. The van der Waals surface area contributed by atoms with Crippen molar-refractivity contribution in [1.29, 1.82) is 5.41 Å². The number of amides is 1. The van der Waals surface area contributed by atoms with Crippen molar-refractivity contribution in [3.63, 3.8) is 0 Å². The maximum atomic E-state index is 12.9. The van der Waals surface area contributed by atoms with E-state index in [0.29, 0.717) is 18.3 Å². The van der Waals surface area contributed by atoms with Gasteiger partial charge in [0.25, 0.3) is 5.91 Å². The van der Waals surface area contributed by atoms with Crippen molar-refractivity contribution in [3.05, 3.63) is 65.4 Å². The maximum Gasteiger partial charge on any atom is 0.283 e. The van der Waals surface area contributed by atoms with Crippen LogP contribution < -0.4 is 9.47 Å². The minimum Gasteiger partial charge on any atom is -0.497 e. The Bertz CT molecular complexity index is 1440. The number of carbonyl (C=O) groups is 1. The first kappa shape index (κ1) is 23.9. The van der Waals surface area contributed by atoms with E-state index in [2.05, 4.69) is 27.7 Å². The molecule has 2 aliphatic heterocycles. The van der Waals surface area contributed by atoms with Gasteiger partial charge in [-0.25, -0.2) is 0 Å². The molecule has 0 spiro atoms. The summed E-state index contributed by atoms with van der Waals surface area (Å²) in [5.74, 6) is 1.20. The normalized spacial score (nSPS) is 16.4. The molecule has 9 heteroatoms. The van der Waals surface area contributed by atoms with E-state index in [9.17, 15) is 4.79 Å². The van der Waals surface area contributed by atoms with Crippen LogP contribution in [0.5, 0.6) is 11.5 Å². The van der Waals surface area contributed by atoms with E-state index in [1.54, 1.807) is 13.2 Å². The van der Waals surface area contributed by atoms with Crippen molar-refractivity contribution >= 4 is 50.7 Å². The Morgan fingerprint density at radius 3 is 2.61 bits per heavy atom. The molecule has 0 unspecified atom stereocenters. The number of ether oxygens (including phenoxy) is 2. The Hall–Kier alpha value is -3.85. The summed E-state index contributed by atoms with van der Waals surface area (Å²) in [7, 11) is 1.64. The number of amidine groups is 2. The summed E-state index contributed by atoms with van der Waals surface area (Å²) in [4.78, 5) is 17.1. The van der Waals surface area contributed by atoms with Gasteiger partial charge in [-0.05, 0) is 67.9 Å². The molecule has 3 aromatic rings. The van der Waals surface area contributed by atoms with Gasteiger partial charge >= 0.3 is 0 Å². The lowest BCUT2D eigenvalue weighted by molar-refractivity contribution is -0.114. The van der Waals surface area contributed by atoms with Crippen molar-refractivity contribution in [3.8, 4) is 11.5 Å². The number of hydrogen-bond acceptors (Lipinski definition) is 6. The van der Waals surface area contributed by atoms with E-state index < -0.39 is 5.91 Å². The number of fused-ring (bicyclic) bond motifs is 2. The second-order valence-corrected chi connectivity index (χ2v) is 9.50. The molecular weight excluding hydrogens is 474 g/mol. The second-order valence-electron chi connectivity index (χ2n) is 8.46. The van der Waals surface area contributed by atoms with Crippen molar-refractivity contribution in [1.82, 2.24) is 9.58 Å². The highest BCUT2D eigenvalue weighted by Crippen LogP contribution is 2.32. The van der Waals surface area contributed by atoms with Gasteiger partial charge in [-0.15, -0.1) is 0 Å². The SMILES string of the molecule is CCCC1=NN2C(=N)C(=Cc3c(C)n(CCOc4ccc(OC)cc4)c4ccccc34)C(=O)N=C2S1. The smallest absolute Gasteiger partial charge is 0.283 e. The first-order valence-corrected chi connectivity index (χ1v) is 12.7. The largest absolute Gasteiger partial charge is 0.497 e. The third-order valence-electron chi connectivity index (χ3n) is 6.17. The Balaban J connectivity index is 1.44. The molecule has 2 aliphatic rings. The molecule has 0 aliphatic carbocycles. The number of nitrogens with one attached hydrogen (secondary N) is 1. The highest BCUT2D eigenvalue weighted by Gasteiger charge is 2.35. The van der Waals surface area contributed by atoms with E-state index in [1.165, 1.54) is 16.8 Å². The quantitative estimate of drug-likeness (QED) is 0.414. The van der Waals surface area contributed by atoms with Crippen molar-refractivity contribution in [2.45, 2.75) is 33.2 Å². The molecule has 1 N–H and O–H groups in total. The first-order valence-electron chi connectivity index (χ1n) is 11.8. The molecule has 0 saturated carbocycles. The lowest BCUT2D eigenvalue weighted by Gasteiger charge is -2.20. The van der Waals surface area contributed by atoms with Crippen molar-refractivity contribution in [2.75, 3.05) is 13.7 Å². The van der Waals surface area contributed by atoms with E-state index in [-0.39, 0.29) is 11.4 Å².